The predicted octanol–water partition coefficient (Wildman–Crippen LogP) is 1.92. The zero-order valence-electron chi connectivity index (χ0n) is 10.7. The molecule has 1 saturated carbocycles. The maximum atomic E-state index is 11.3. The number of hydrogen-bond donors (Lipinski definition) is 1. The van der Waals surface area contributed by atoms with Crippen LogP contribution >= 0.6 is 11.8 Å². The largest absolute Gasteiger partial charge is 0.343 e. The average molecular weight is 266 g/mol. The lowest BCUT2D eigenvalue weighted by Gasteiger charge is -2.31. The van der Waals surface area contributed by atoms with Crippen molar-refractivity contribution in [3.8, 4) is 6.07 Å². The molecule has 6 heteroatoms. The molecule has 3 unspecified atom stereocenters. The third-order valence-electron chi connectivity index (χ3n) is 3.74. The van der Waals surface area contributed by atoms with Crippen LogP contribution in [0.1, 0.15) is 32.6 Å². The molecule has 0 bridgehead atoms. The summed E-state index contributed by atoms with van der Waals surface area (Å²) in [6.07, 6.45) is 4.31. The molecule has 18 heavy (non-hydrogen) atoms. The molecule has 1 aliphatic carbocycles. The van der Waals surface area contributed by atoms with E-state index in [0.717, 1.165) is 25.7 Å². The fraction of sp³-hybridized carbons (Fsp3) is 0.750. The van der Waals surface area contributed by atoms with Gasteiger partial charge in [0.2, 0.25) is 0 Å². The molecular formula is C12H18N4OS. The first-order valence-electron chi connectivity index (χ1n) is 6.33. The second-order valence-corrected chi connectivity index (χ2v) is 6.06. The fourth-order valence-electron chi connectivity index (χ4n) is 2.43. The zero-order valence-corrected chi connectivity index (χ0v) is 11.5. The van der Waals surface area contributed by atoms with E-state index in [2.05, 4.69) is 23.2 Å². The van der Waals surface area contributed by atoms with E-state index in [0.29, 0.717) is 11.1 Å². The maximum Gasteiger partial charge on any atom is 0.343 e. The minimum Gasteiger partial charge on any atom is -0.273 e. The quantitative estimate of drug-likeness (QED) is 0.907. The Morgan fingerprint density at radius 3 is 2.94 bits per heavy atom. The molecule has 0 amide bonds. The molecule has 3 atom stereocenters. The molecule has 0 spiro atoms. The van der Waals surface area contributed by atoms with Gasteiger partial charge in [-0.3, -0.25) is 4.57 Å². The molecule has 1 aromatic rings. The number of nitriles is 1. The normalized spacial score (nSPS) is 27.9. The lowest BCUT2D eigenvalue weighted by molar-refractivity contribution is 0.316. The van der Waals surface area contributed by atoms with Crippen LogP contribution in [0.25, 0.3) is 0 Å². The van der Waals surface area contributed by atoms with Crippen LogP contribution in [0.15, 0.2) is 9.95 Å². The van der Waals surface area contributed by atoms with Crippen LogP contribution in [0.2, 0.25) is 0 Å². The van der Waals surface area contributed by atoms with E-state index in [9.17, 15) is 10.1 Å². The van der Waals surface area contributed by atoms with Gasteiger partial charge in [0.15, 0.2) is 5.16 Å². The number of aromatic amines is 1. The third-order valence-corrected chi connectivity index (χ3v) is 5.14. The Bertz CT molecular complexity index is 501. The second kappa shape index (κ2) is 5.61. The molecule has 5 nitrogen and oxygen atoms in total. The summed E-state index contributed by atoms with van der Waals surface area (Å²) < 4.78 is 1.51. The van der Waals surface area contributed by atoms with Gasteiger partial charge in [0.1, 0.15) is 0 Å². The molecule has 1 aliphatic rings. The minimum absolute atomic E-state index is 0.0737. The van der Waals surface area contributed by atoms with Crippen molar-refractivity contribution >= 4 is 11.8 Å². The lowest BCUT2D eigenvalue weighted by Crippen LogP contribution is -2.26. The molecule has 1 aromatic heterocycles. The summed E-state index contributed by atoms with van der Waals surface area (Å²) >= 11 is 1.56. The zero-order chi connectivity index (χ0) is 13.1. The summed E-state index contributed by atoms with van der Waals surface area (Å²) in [7, 11) is 1.70. The van der Waals surface area contributed by atoms with Gasteiger partial charge >= 0.3 is 5.69 Å². The third kappa shape index (κ3) is 2.61. The summed E-state index contributed by atoms with van der Waals surface area (Å²) in [5, 5.41) is 16.6. The van der Waals surface area contributed by atoms with Crippen molar-refractivity contribution in [1.29, 1.82) is 5.26 Å². The van der Waals surface area contributed by atoms with E-state index >= 15 is 0 Å². The molecule has 0 saturated heterocycles. The van der Waals surface area contributed by atoms with Crippen molar-refractivity contribution in [2.45, 2.75) is 43.0 Å². The van der Waals surface area contributed by atoms with Crippen LogP contribution in [-0.2, 0) is 7.05 Å². The van der Waals surface area contributed by atoms with Crippen LogP contribution in [0, 0.1) is 23.2 Å². The number of nitrogens with one attached hydrogen (secondary N) is 1. The highest BCUT2D eigenvalue weighted by Gasteiger charge is 2.31. The van der Waals surface area contributed by atoms with Crippen LogP contribution in [0.5, 0.6) is 0 Å². The number of H-pyrrole nitrogens is 1. The molecule has 0 radical (unpaired) electrons. The number of thioether (sulfide) groups is 1. The van der Waals surface area contributed by atoms with Gasteiger partial charge in [0.25, 0.3) is 0 Å². The van der Waals surface area contributed by atoms with E-state index in [1.807, 2.05) is 0 Å². The molecule has 1 fully saturated rings. The van der Waals surface area contributed by atoms with Gasteiger partial charge in [-0.25, -0.2) is 9.89 Å². The van der Waals surface area contributed by atoms with Crippen molar-refractivity contribution < 1.29 is 0 Å². The Hall–Kier alpha value is -1.22. The number of hydrogen-bond acceptors (Lipinski definition) is 4. The van der Waals surface area contributed by atoms with Crippen LogP contribution in [0.3, 0.4) is 0 Å². The van der Waals surface area contributed by atoms with E-state index in [4.69, 9.17) is 0 Å². The predicted molar refractivity (Wildman–Crippen MR) is 70.2 cm³/mol. The number of rotatable bonds is 3. The van der Waals surface area contributed by atoms with Gasteiger partial charge in [-0.15, -0.1) is 5.10 Å². The number of aromatic nitrogens is 3. The van der Waals surface area contributed by atoms with Gasteiger partial charge in [0.05, 0.1) is 12.0 Å². The van der Waals surface area contributed by atoms with Gasteiger partial charge in [-0.2, -0.15) is 5.26 Å². The highest BCUT2D eigenvalue weighted by molar-refractivity contribution is 7.99. The summed E-state index contributed by atoms with van der Waals surface area (Å²) in [5.41, 5.74) is -0.200. The van der Waals surface area contributed by atoms with Gasteiger partial charge < -0.3 is 0 Å². The summed E-state index contributed by atoms with van der Waals surface area (Å²) in [6, 6.07) is 2.40. The first-order valence-corrected chi connectivity index (χ1v) is 7.21. The average Bonchev–Trinajstić information content (AvgIpc) is 2.70. The Morgan fingerprint density at radius 1 is 1.61 bits per heavy atom. The standard InChI is InChI=1S/C12H18N4OS/c1-3-8-4-5-9(7-13)10(6-8)18-12-15-14-11(17)16(12)2/h8-10H,3-6H2,1-2H3,(H,14,17). The lowest BCUT2D eigenvalue weighted by atomic mass is 9.81. The minimum atomic E-state index is -0.200. The Morgan fingerprint density at radius 2 is 2.39 bits per heavy atom. The van der Waals surface area contributed by atoms with E-state index in [1.165, 1.54) is 4.57 Å². The molecular weight excluding hydrogens is 248 g/mol. The van der Waals surface area contributed by atoms with Crippen LogP contribution in [0.4, 0.5) is 0 Å². The topological polar surface area (TPSA) is 74.5 Å². The van der Waals surface area contributed by atoms with E-state index in [1.54, 1.807) is 18.8 Å². The van der Waals surface area contributed by atoms with E-state index < -0.39 is 0 Å². The van der Waals surface area contributed by atoms with Crippen LogP contribution < -0.4 is 5.69 Å². The highest BCUT2D eigenvalue weighted by atomic mass is 32.2. The number of nitrogens with zero attached hydrogens (tertiary/aromatic N) is 3. The van der Waals surface area contributed by atoms with Crippen molar-refractivity contribution in [2.24, 2.45) is 18.9 Å². The Kier molecular flexibility index (Phi) is 4.12. The highest BCUT2D eigenvalue weighted by Crippen LogP contribution is 2.39. The van der Waals surface area contributed by atoms with E-state index in [-0.39, 0.29) is 16.9 Å². The second-order valence-electron chi connectivity index (χ2n) is 4.85. The molecule has 0 aromatic carbocycles. The van der Waals surface area contributed by atoms with Gasteiger partial charge in [-0.1, -0.05) is 25.1 Å². The van der Waals surface area contributed by atoms with Crippen molar-refractivity contribution in [3.05, 3.63) is 10.5 Å². The van der Waals surface area contributed by atoms with Gasteiger partial charge in [0, 0.05) is 12.3 Å². The smallest absolute Gasteiger partial charge is 0.273 e. The monoisotopic (exact) mass is 266 g/mol. The molecule has 2 rings (SSSR count). The maximum absolute atomic E-state index is 11.3. The van der Waals surface area contributed by atoms with Crippen molar-refractivity contribution in [1.82, 2.24) is 14.8 Å². The molecule has 0 aliphatic heterocycles. The summed E-state index contributed by atoms with van der Waals surface area (Å²) in [5.74, 6) is 0.771. The van der Waals surface area contributed by atoms with Crippen molar-refractivity contribution in [2.75, 3.05) is 0 Å². The SMILES string of the molecule is CCC1CCC(C#N)C(Sc2n[nH]c(=O)n2C)C1. The first-order chi connectivity index (χ1) is 8.65. The fourth-order valence-corrected chi connectivity index (χ4v) is 3.77. The summed E-state index contributed by atoms with van der Waals surface area (Å²) in [6.45, 7) is 2.20. The Balaban J connectivity index is 2.12. The van der Waals surface area contributed by atoms with Crippen LogP contribution in [-0.4, -0.2) is 20.0 Å². The van der Waals surface area contributed by atoms with Crippen molar-refractivity contribution in [3.63, 3.8) is 0 Å². The summed E-state index contributed by atoms with van der Waals surface area (Å²) in [4.78, 5) is 11.3. The first kappa shape index (κ1) is 13.2. The molecule has 1 N–H and O–H groups in total. The molecule has 98 valence electrons. The van der Waals surface area contributed by atoms with Gasteiger partial charge in [-0.05, 0) is 25.2 Å². The Labute approximate surface area is 111 Å². The molecule has 1 heterocycles.